The fourth-order valence-corrected chi connectivity index (χ4v) is 2.13. The van der Waals surface area contributed by atoms with Crippen LogP contribution in [0.3, 0.4) is 0 Å². The van der Waals surface area contributed by atoms with E-state index in [2.05, 4.69) is 5.32 Å². The summed E-state index contributed by atoms with van der Waals surface area (Å²) in [6, 6.07) is 9.90. The van der Waals surface area contributed by atoms with Gasteiger partial charge in [0.15, 0.2) is 0 Å². The molecule has 2 N–H and O–H groups in total. The molecule has 6 heteroatoms. The first kappa shape index (κ1) is 17.6. The molecule has 0 aliphatic heterocycles. The molecule has 1 amide bonds. The molecule has 1 aromatic carbocycles. The van der Waals surface area contributed by atoms with Gasteiger partial charge in [0.05, 0.1) is 6.26 Å². The van der Waals surface area contributed by atoms with E-state index in [0.29, 0.717) is 0 Å². The second-order valence-corrected chi connectivity index (χ2v) is 6.42. The van der Waals surface area contributed by atoms with Gasteiger partial charge in [-0.1, -0.05) is 24.3 Å². The molecule has 2 aromatic rings. The number of benzene rings is 1. The molecule has 2 rings (SSSR count). The number of hydrogen-bond acceptors (Lipinski definition) is 4. The maximum atomic E-state index is 11.8. The van der Waals surface area contributed by atoms with Crippen LogP contribution in [-0.2, 0) is 16.0 Å². The summed E-state index contributed by atoms with van der Waals surface area (Å²) in [5.41, 5.74) is 1.00. The smallest absolute Gasteiger partial charge is 0.408 e. The second kappa shape index (κ2) is 7.21. The molecule has 0 bridgehead atoms. The Labute approximate surface area is 140 Å². The van der Waals surface area contributed by atoms with Crippen LogP contribution in [0.4, 0.5) is 4.79 Å². The Hall–Kier alpha value is -2.76. The van der Waals surface area contributed by atoms with E-state index in [1.54, 1.807) is 33.1 Å². The number of rotatable bonds is 5. The van der Waals surface area contributed by atoms with Crippen LogP contribution in [-0.4, -0.2) is 28.8 Å². The largest absolute Gasteiger partial charge is 0.480 e. The number of carboxylic acid groups (broad SMARTS) is 1. The summed E-state index contributed by atoms with van der Waals surface area (Å²) in [6.07, 6.45) is 1.00. The number of furan rings is 1. The molecule has 0 saturated heterocycles. The molecule has 1 aromatic heterocycles. The Bertz CT molecular complexity index is 683. The molecule has 1 atom stereocenters. The number of amides is 1. The molecule has 0 fully saturated rings. The third-order valence-electron chi connectivity index (χ3n) is 3.19. The molecule has 24 heavy (non-hydrogen) atoms. The van der Waals surface area contributed by atoms with Crippen molar-refractivity contribution in [3.05, 3.63) is 48.2 Å². The van der Waals surface area contributed by atoms with Crippen LogP contribution in [0, 0.1) is 0 Å². The van der Waals surface area contributed by atoms with Crippen molar-refractivity contribution in [2.45, 2.75) is 38.8 Å². The van der Waals surface area contributed by atoms with Gasteiger partial charge in [0.2, 0.25) is 0 Å². The zero-order chi connectivity index (χ0) is 17.7. The number of carboxylic acids is 1. The van der Waals surface area contributed by atoms with Crippen LogP contribution in [0.15, 0.2) is 47.1 Å². The van der Waals surface area contributed by atoms with E-state index in [0.717, 1.165) is 16.9 Å². The van der Waals surface area contributed by atoms with Gasteiger partial charge in [0, 0.05) is 12.0 Å². The van der Waals surface area contributed by atoms with Gasteiger partial charge in [0.25, 0.3) is 0 Å². The van der Waals surface area contributed by atoms with E-state index >= 15 is 0 Å². The normalized spacial score (nSPS) is 12.5. The van der Waals surface area contributed by atoms with Gasteiger partial charge in [-0.3, -0.25) is 0 Å². The lowest BCUT2D eigenvalue weighted by atomic mass is 10.0. The summed E-state index contributed by atoms with van der Waals surface area (Å²) < 4.78 is 10.4. The van der Waals surface area contributed by atoms with Crippen LogP contribution in [0.1, 0.15) is 26.3 Å². The summed E-state index contributed by atoms with van der Waals surface area (Å²) in [4.78, 5) is 23.1. The van der Waals surface area contributed by atoms with Crippen LogP contribution >= 0.6 is 0 Å². The average molecular weight is 331 g/mol. The third kappa shape index (κ3) is 5.15. The van der Waals surface area contributed by atoms with Gasteiger partial charge in [0.1, 0.15) is 17.4 Å². The highest BCUT2D eigenvalue weighted by Crippen LogP contribution is 2.20. The molecule has 0 radical (unpaired) electrons. The molecule has 0 spiro atoms. The van der Waals surface area contributed by atoms with Gasteiger partial charge in [-0.05, 0) is 38.5 Å². The standard InChI is InChI=1S/C18H21NO5/c1-18(2,3)24-17(22)19-14(16(20)21)11-12-6-8-13(9-7-12)15-5-4-10-23-15/h4-10,14H,11H2,1-3H3,(H,19,22)(H,20,21). The first-order valence-corrected chi connectivity index (χ1v) is 7.60. The Balaban J connectivity index is 2.02. The maximum Gasteiger partial charge on any atom is 0.408 e. The lowest BCUT2D eigenvalue weighted by Crippen LogP contribution is -2.44. The van der Waals surface area contributed by atoms with Crippen molar-refractivity contribution in [3.8, 4) is 11.3 Å². The SMILES string of the molecule is CC(C)(C)OC(=O)NC(Cc1ccc(-c2ccco2)cc1)C(=O)O. The number of alkyl carbamates (subject to hydrolysis) is 1. The van der Waals surface area contributed by atoms with E-state index in [4.69, 9.17) is 9.15 Å². The predicted molar refractivity (Wildman–Crippen MR) is 88.6 cm³/mol. The van der Waals surface area contributed by atoms with Crippen molar-refractivity contribution < 1.29 is 23.8 Å². The van der Waals surface area contributed by atoms with Crippen molar-refractivity contribution in [1.29, 1.82) is 0 Å². The molecule has 1 heterocycles. The molecule has 0 saturated carbocycles. The first-order valence-electron chi connectivity index (χ1n) is 7.60. The van der Waals surface area contributed by atoms with Crippen molar-refractivity contribution in [1.82, 2.24) is 5.32 Å². The highest BCUT2D eigenvalue weighted by molar-refractivity contribution is 5.80. The summed E-state index contributed by atoms with van der Waals surface area (Å²) >= 11 is 0. The minimum atomic E-state index is -1.11. The van der Waals surface area contributed by atoms with E-state index in [-0.39, 0.29) is 6.42 Å². The highest BCUT2D eigenvalue weighted by atomic mass is 16.6. The molecule has 128 valence electrons. The Morgan fingerprint density at radius 2 is 1.88 bits per heavy atom. The van der Waals surface area contributed by atoms with Crippen molar-refractivity contribution in [3.63, 3.8) is 0 Å². The van der Waals surface area contributed by atoms with Gasteiger partial charge in [-0.15, -0.1) is 0 Å². The number of hydrogen-bond donors (Lipinski definition) is 2. The number of carbonyl (C=O) groups is 2. The Morgan fingerprint density at radius 1 is 1.21 bits per heavy atom. The first-order chi connectivity index (χ1) is 11.2. The topological polar surface area (TPSA) is 88.8 Å². The number of ether oxygens (including phenoxy) is 1. The minimum Gasteiger partial charge on any atom is -0.480 e. The number of aliphatic carboxylic acids is 1. The van der Waals surface area contributed by atoms with Crippen molar-refractivity contribution in [2.24, 2.45) is 0 Å². The van der Waals surface area contributed by atoms with E-state index in [1.807, 2.05) is 30.3 Å². The molecule has 0 aliphatic carbocycles. The maximum absolute atomic E-state index is 11.8. The van der Waals surface area contributed by atoms with E-state index in [9.17, 15) is 14.7 Å². The van der Waals surface area contributed by atoms with E-state index in [1.165, 1.54) is 0 Å². The monoisotopic (exact) mass is 331 g/mol. The molecule has 0 aliphatic rings. The quantitative estimate of drug-likeness (QED) is 0.876. The molecular weight excluding hydrogens is 310 g/mol. The summed E-state index contributed by atoms with van der Waals surface area (Å²) in [7, 11) is 0. The van der Waals surface area contributed by atoms with Crippen LogP contribution in [0.25, 0.3) is 11.3 Å². The Morgan fingerprint density at radius 3 is 2.38 bits per heavy atom. The second-order valence-electron chi connectivity index (χ2n) is 6.42. The number of nitrogens with one attached hydrogen (secondary N) is 1. The summed E-state index contributed by atoms with van der Waals surface area (Å²) in [5.74, 6) is -0.376. The fraction of sp³-hybridized carbons (Fsp3) is 0.333. The predicted octanol–water partition coefficient (Wildman–Crippen LogP) is 3.47. The van der Waals surface area contributed by atoms with E-state index < -0.39 is 23.7 Å². The van der Waals surface area contributed by atoms with Gasteiger partial charge >= 0.3 is 12.1 Å². The van der Waals surface area contributed by atoms with Gasteiger partial charge in [-0.25, -0.2) is 9.59 Å². The third-order valence-corrected chi connectivity index (χ3v) is 3.19. The van der Waals surface area contributed by atoms with Crippen molar-refractivity contribution in [2.75, 3.05) is 0 Å². The zero-order valence-electron chi connectivity index (χ0n) is 13.9. The van der Waals surface area contributed by atoms with Gasteiger partial charge in [-0.2, -0.15) is 0 Å². The Kier molecular flexibility index (Phi) is 5.28. The average Bonchev–Trinajstić information content (AvgIpc) is 2.99. The molecular formula is C18H21NO5. The van der Waals surface area contributed by atoms with Gasteiger partial charge < -0.3 is 19.6 Å². The highest BCUT2D eigenvalue weighted by Gasteiger charge is 2.24. The minimum absolute atomic E-state index is 0.160. The summed E-state index contributed by atoms with van der Waals surface area (Å²) in [6.45, 7) is 5.15. The van der Waals surface area contributed by atoms with Crippen LogP contribution < -0.4 is 5.32 Å². The lowest BCUT2D eigenvalue weighted by molar-refractivity contribution is -0.139. The van der Waals surface area contributed by atoms with Crippen LogP contribution in [0.2, 0.25) is 0 Å². The zero-order valence-corrected chi connectivity index (χ0v) is 13.9. The van der Waals surface area contributed by atoms with Crippen LogP contribution in [0.5, 0.6) is 0 Å². The lowest BCUT2D eigenvalue weighted by Gasteiger charge is -2.22. The fourth-order valence-electron chi connectivity index (χ4n) is 2.13. The van der Waals surface area contributed by atoms with Crippen molar-refractivity contribution >= 4 is 12.1 Å². The number of carbonyl (C=O) groups excluding carboxylic acids is 1. The summed E-state index contributed by atoms with van der Waals surface area (Å²) in [5, 5.41) is 11.7. The molecule has 1 unspecified atom stereocenters. The molecule has 6 nitrogen and oxygen atoms in total.